The van der Waals surface area contributed by atoms with E-state index >= 15 is 0 Å². The van der Waals surface area contributed by atoms with Crippen molar-refractivity contribution in [3.8, 4) is 0 Å². The molecule has 0 amide bonds. The second kappa shape index (κ2) is 12.4. The Morgan fingerprint density at radius 3 is 2.09 bits per heavy atom. The van der Waals surface area contributed by atoms with E-state index in [1.165, 1.54) is 26.6 Å². The van der Waals surface area contributed by atoms with E-state index in [2.05, 4.69) is 66.5 Å². The Hall–Kier alpha value is -3.08. The van der Waals surface area contributed by atoms with Crippen molar-refractivity contribution in [2.24, 2.45) is 0 Å². The van der Waals surface area contributed by atoms with Crippen LogP contribution in [0.15, 0.2) is 52.3 Å². The molecule has 0 spiro atoms. The summed E-state index contributed by atoms with van der Waals surface area (Å²) in [5, 5.41) is 42.3. The summed E-state index contributed by atoms with van der Waals surface area (Å²) in [6.07, 6.45) is -2.72. The Morgan fingerprint density at radius 1 is 0.971 bits per heavy atom. The van der Waals surface area contributed by atoms with Crippen molar-refractivity contribution in [1.82, 2.24) is 5.32 Å². The number of aryl methyl sites for hydroxylation is 2. The van der Waals surface area contributed by atoms with Gasteiger partial charge >= 0.3 is 0 Å². The van der Waals surface area contributed by atoms with Gasteiger partial charge in [-0.25, -0.2) is 0 Å². The highest BCUT2D eigenvalue weighted by Crippen LogP contribution is 2.37. The number of hydrogen-bond donors (Lipinski definition) is 2. The Morgan fingerprint density at radius 2 is 1.56 bits per heavy atom. The van der Waals surface area contributed by atoms with Crippen molar-refractivity contribution in [3.05, 3.63) is 53.6 Å². The van der Waals surface area contributed by atoms with Crippen LogP contribution in [0.4, 0.5) is 5.69 Å². The van der Waals surface area contributed by atoms with Gasteiger partial charge in [0.2, 0.25) is 0 Å². The van der Waals surface area contributed by atoms with Crippen molar-refractivity contribution in [2.45, 2.75) is 42.1 Å². The third-order valence-corrected chi connectivity index (χ3v) is 6.37. The summed E-state index contributed by atoms with van der Waals surface area (Å²) >= 11 is 1.88. The first-order valence-electron chi connectivity index (χ1n) is 10.6. The fraction of sp³-hybridized carbons (Fsp3) is 0.375. The zero-order chi connectivity index (χ0) is 25.3. The van der Waals surface area contributed by atoms with Gasteiger partial charge in [0.25, 0.3) is 0 Å². The molecule has 9 nitrogen and oxygen atoms in total. The van der Waals surface area contributed by atoms with E-state index in [0.29, 0.717) is 0 Å². The molecule has 0 aromatic heterocycles. The SMILES string of the molecule is Cc1ccc(Sc2ccccc2N2CCNCC2)c(C)c1.O=C([O-])CC(O)(CC(=O)[O-])C(=O)[O-]. The first-order valence-corrected chi connectivity index (χ1v) is 11.5. The fourth-order valence-electron chi connectivity index (χ4n) is 3.43. The van der Waals surface area contributed by atoms with Gasteiger partial charge in [-0.05, 0) is 37.6 Å². The zero-order valence-electron chi connectivity index (χ0n) is 19.0. The number of carboxylic acid groups (broad SMARTS) is 3. The molecular weight excluding hydrogens is 460 g/mol. The Bertz CT molecular complexity index is 1010. The molecule has 0 atom stereocenters. The van der Waals surface area contributed by atoms with Gasteiger partial charge in [0.05, 0.1) is 11.7 Å². The number of piperazine rings is 1. The minimum Gasteiger partial charge on any atom is -0.550 e. The molecule has 0 aliphatic carbocycles. The molecule has 1 saturated heterocycles. The second-order valence-electron chi connectivity index (χ2n) is 7.99. The summed E-state index contributed by atoms with van der Waals surface area (Å²) in [5.74, 6) is -5.98. The van der Waals surface area contributed by atoms with Gasteiger partial charge in [0, 0.05) is 60.8 Å². The highest BCUT2D eigenvalue weighted by atomic mass is 32.2. The second-order valence-corrected chi connectivity index (χ2v) is 9.08. The van der Waals surface area contributed by atoms with E-state index in [-0.39, 0.29) is 0 Å². The van der Waals surface area contributed by atoms with Gasteiger partial charge in [0.1, 0.15) is 5.60 Å². The summed E-state index contributed by atoms with van der Waals surface area (Å²) in [7, 11) is 0. The number of rotatable bonds is 8. The fourth-order valence-corrected chi connectivity index (χ4v) is 4.47. The van der Waals surface area contributed by atoms with Crippen LogP contribution in [0, 0.1) is 13.8 Å². The summed E-state index contributed by atoms with van der Waals surface area (Å²) in [6.45, 7) is 8.67. The lowest BCUT2D eigenvalue weighted by Gasteiger charge is -2.31. The number of carboxylic acids is 3. The molecule has 34 heavy (non-hydrogen) atoms. The van der Waals surface area contributed by atoms with Crippen LogP contribution in [0.25, 0.3) is 0 Å². The van der Waals surface area contributed by atoms with Crippen LogP contribution in [-0.4, -0.2) is 54.8 Å². The highest BCUT2D eigenvalue weighted by molar-refractivity contribution is 7.99. The standard InChI is InChI=1S/C18H22N2S.C6H8O7/c1-14-7-8-17(15(2)13-14)21-18-6-4-3-5-16(18)20-11-9-19-10-12-20;7-3(8)1-6(13,5(11)12)2-4(9)10/h3-8,13,19H,9-12H2,1-2H3;13H,1-2H2,(H,7,8)(H,9,10)(H,11,12)/p-3. The highest BCUT2D eigenvalue weighted by Gasteiger charge is 2.29. The van der Waals surface area contributed by atoms with Crippen LogP contribution >= 0.6 is 11.8 Å². The third-order valence-electron chi connectivity index (χ3n) is 5.13. The third kappa shape index (κ3) is 8.05. The Kier molecular flexibility index (Phi) is 9.91. The monoisotopic (exact) mass is 487 g/mol. The average Bonchev–Trinajstić information content (AvgIpc) is 2.76. The molecule has 2 aromatic carbocycles. The molecule has 0 saturated carbocycles. The normalized spacial score (nSPS) is 13.6. The maximum atomic E-state index is 10.1. The van der Waals surface area contributed by atoms with Crippen molar-refractivity contribution < 1.29 is 34.8 Å². The zero-order valence-corrected chi connectivity index (χ0v) is 19.9. The molecular formula is C24H27N2O7S-3. The van der Waals surface area contributed by atoms with E-state index in [4.69, 9.17) is 5.11 Å². The van der Waals surface area contributed by atoms with Gasteiger partial charge in [-0.1, -0.05) is 41.6 Å². The van der Waals surface area contributed by atoms with E-state index in [1.54, 1.807) is 0 Å². The number of aliphatic hydroxyl groups is 1. The van der Waals surface area contributed by atoms with E-state index in [1.807, 2.05) is 11.8 Å². The summed E-state index contributed by atoms with van der Waals surface area (Å²) in [5.41, 5.74) is 1.07. The molecule has 1 aliphatic rings. The van der Waals surface area contributed by atoms with E-state index in [0.717, 1.165) is 26.2 Å². The van der Waals surface area contributed by atoms with Crippen LogP contribution in [0.3, 0.4) is 0 Å². The minimum atomic E-state index is -2.97. The number of anilines is 1. The van der Waals surface area contributed by atoms with Crippen LogP contribution in [0.1, 0.15) is 24.0 Å². The van der Waals surface area contributed by atoms with Gasteiger partial charge in [0.15, 0.2) is 0 Å². The van der Waals surface area contributed by atoms with Crippen LogP contribution in [-0.2, 0) is 14.4 Å². The Labute approximate surface area is 202 Å². The number of nitrogens with zero attached hydrogens (tertiary/aromatic N) is 1. The molecule has 0 bridgehead atoms. The van der Waals surface area contributed by atoms with E-state index < -0.39 is 36.4 Å². The molecule has 10 heteroatoms. The minimum absolute atomic E-state index is 1.07. The summed E-state index contributed by atoms with van der Waals surface area (Å²) in [4.78, 5) is 35.2. The Balaban J connectivity index is 0.000000273. The van der Waals surface area contributed by atoms with Gasteiger partial charge in [-0.15, -0.1) is 0 Å². The van der Waals surface area contributed by atoms with Gasteiger partial charge < -0.3 is 45.0 Å². The lowest BCUT2D eigenvalue weighted by atomic mass is 9.96. The summed E-state index contributed by atoms with van der Waals surface area (Å²) in [6, 6.07) is 15.5. The number of hydrogen-bond acceptors (Lipinski definition) is 10. The number of nitrogens with one attached hydrogen (secondary N) is 1. The first-order chi connectivity index (χ1) is 16.0. The number of carbonyl (C=O) groups excluding carboxylic acids is 3. The molecule has 2 aromatic rings. The molecule has 0 radical (unpaired) electrons. The molecule has 3 rings (SSSR count). The number of benzene rings is 2. The molecule has 184 valence electrons. The van der Waals surface area contributed by atoms with Gasteiger partial charge in [-0.2, -0.15) is 0 Å². The molecule has 0 unspecified atom stereocenters. The first kappa shape index (κ1) is 27.2. The molecule has 1 heterocycles. The molecule has 1 aliphatic heterocycles. The number of aliphatic carboxylic acids is 3. The van der Waals surface area contributed by atoms with Crippen LogP contribution in [0.2, 0.25) is 0 Å². The maximum Gasteiger partial charge on any atom is 0.114 e. The summed E-state index contributed by atoms with van der Waals surface area (Å²) < 4.78 is 0. The quantitative estimate of drug-likeness (QED) is 0.454. The smallest absolute Gasteiger partial charge is 0.114 e. The lowest BCUT2D eigenvalue weighted by Crippen LogP contribution is -2.54. The van der Waals surface area contributed by atoms with Crippen molar-refractivity contribution in [1.29, 1.82) is 0 Å². The largest absolute Gasteiger partial charge is 0.550 e. The number of para-hydroxylation sites is 1. The average molecular weight is 488 g/mol. The topological polar surface area (TPSA) is 156 Å². The van der Waals surface area contributed by atoms with Crippen molar-refractivity contribution in [2.75, 3.05) is 31.1 Å². The van der Waals surface area contributed by atoms with Crippen LogP contribution < -0.4 is 25.5 Å². The predicted octanol–water partition coefficient (Wildman–Crippen LogP) is -1.39. The van der Waals surface area contributed by atoms with Crippen LogP contribution in [0.5, 0.6) is 0 Å². The lowest BCUT2D eigenvalue weighted by molar-refractivity contribution is -0.339. The van der Waals surface area contributed by atoms with Crippen molar-refractivity contribution >= 4 is 35.4 Å². The van der Waals surface area contributed by atoms with Crippen molar-refractivity contribution in [3.63, 3.8) is 0 Å². The van der Waals surface area contributed by atoms with Gasteiger partial charge in [-0.3, -0.25) is 0 Å². The maximum absolute atomic E-state index is 10.1. The number of carbonyl (C=O) groups is 3. The predicted molar refractivity (Wildman–Crippen MR) is 121 cm³/mol. The molecule has 2 N–H and O–H groups in total. The van der Waals surface area contributed by atoms with E-state index in [9.17, 15) is 29.7 Å². The molecule has 1 fully saturated rings.